The van der Waals surface area contributed by atoms with Gasteiger partial charge in [-0.1, -0.05) is 32.3 Å². The van der Waals surface area contributed by atoms with E-state index in [0.717, 1.165) is 34.3 Å². The Labute approximate surface area is 165 Å². The number of amides is 1. The number of aromatic nitrogens is 1. The minimum absolute atomic E-state index is 0.00698. The van der Waals surface area contributed by atoms with E-state index in [2.05, 4.69) is 51.2 Å². The van der Waals surface area contributed by atoms with Crippen molar-refractivity contribution in [2.24, 2.45) is 0 Å². The van der Waals surface area contributed by atoms with E-state index in [1.165, 1.54) is 24.0 Å². The minimum atomic E-state index is -0.00698. The Morgan fingerprint density at radius 1 is 1.19 bits per heavy atom. The molecule has 0 saturated carbocycles. The van der Waals surface area contributed by atoms with E-state index in [1.54, 1.807) is 11.3 Å². The summed E-state index contributed by atoms with van der Waals surface area (Å²) in [5, 5.41) is 6.16. The molecule has 142 valence electrons. The van der Waals surface area contributed by atoms with Crippen molar-refractivity contribution in [2.75, 3.05) is 0 Å². The molecule has 2 aromatic heterocycles. The van der Waals surface area contributed by atoms with Crippen molar-refractivity contribution in [3.8, 4) is 10.6 Å². The number of hydrogen-bond donors (Lipinski definition) is 1. The quantitative estimate of drug-likeness (QED) is 0.490. The van der Waals surface area contributed by atoms with Gasteiger partial charge < -0.3 is 5.32 Å². The molecular formula is C23H28N2OS. The molecule has 3 rings (SSSR count). The Morgan fingerprint density at radius 2 is 1.96 bits per heavy atom. The van der Waals surface area contributed by atoms with Gasteiger partial charge in [-0.2, -0.15) is 0 Å². The lowest BCUT2D eigenvalue weighted by Crippen LogP contribution is -2.32. The van der Waals surface area contributed by atoms with Gasteiger partial charge in [-0.15, -0.1) is 11.3 Å². The van der Waals surface area contributed by atoms with Crippen LogP contribution in [0, 0.1) is 13.8 Å². The smallest absolute Gasteiger partial charge is 0.252 e. The highest BCUT2D eigenvalue weighted by molar-refractivity contribution is 7.13. The summed E-state index contributed by atoms with van der Waals surface area (Å²) in [6, 6.07) is 10.4. The van der Waals surface area contributed by atoms with Crippen LogP contribution in [0.3, 0.4) is 0 Å². The third kappa shape index (κ3) is 4.56. The van der Waals surface area contributed by atoms with Crippen LogP contribution in [0.25, 0.3) is 21.5 Å². The Bertz CT molecular complexity index is 931. The second kappa shape index (κ2) is 8.66. The number of carbonyl (C=O) groups excluding carboxylic acids is 1. The van der Waals surface area contributed by atoms with Crippen molar-refractivity contribution in [3.63, 3.8) is 0 Å². The summed E-state index contributed by atoms with van der Waals surface area (Å²) in [6.07, 6.45) is 4.56. The fourth-order valence-electron chi connectivity index (χ4n) is 3.30. The predicted molar refractivity (Wildman–Crippen MR) is 116 cm³/mol. The molecule has 0 bridgehead atoms. The largest absolute Gasteiger partial charge is 0.350 e. The van der Waals surface area contributed by atoms with E-state index in [0.29, 0.717) is 5.56 Å². The summed E-state index contributed by atoms with van der Waals surface area (Å²) in [5.41, 5.74) is 4.84. The van der Waals surface area contributed by atoms with Gasteiger partial charge in [0.2, 0.25) is 0 Å². The van der Waals surface area contributed by atoms with E-state index < -0.39 is 0 Å². The van der Waals surface area contributed by atoms with E-state index in [1.807, 2.05) is 17.5 Å². The number of fused-ring (bicyclic) bond motifs is 1. The van der Waals surface area contributed by atoms with Crippen LogP contribution in [-0.2, 0) is 0 Å². The number of unbranched alkanes of at least 4 members (excludes halogenated alkanes) is 2. The number of rotatable bonds is 7. The highest BCUT2D eigenvalue weighted by Crippen LogP contribution is 2.29. The maximum Gasteiger partial charge on any atom is 0.252 e. The lowest BCUT2D eigenvalue weighted by Gasteiger charge is -2.16. The van der Waals surface area contributed by atoms with Crippen LogP contribution in [0.2, 0.25) is 0 Å². The topological polar surface area (TPSA) is 42.0 Å². The van der Waals surface area contributed by atoms with E-state index in [-0.39, 0.29) is 11.9 Å². The molecule has 1 N–H and O–H groups in total. The molecule has 1 aromatic carbocycles. The van der Waals surface area contributed by atoms with E-state index in [9.17, 15) is 4.79 Å². The molecule has 0 aliphatic heterocycles. The molecule has 0 spiro atoms. The van der Waals surface area contributed by atoms with Crippen molar-refractivity contribution in [2.45, 2.75) is 59.4 Å². The molecule has 27 heavy (non-hydrogen) atoms. The molecule has 0 radical (unpaired) electrons. The maximum absolute atomic E-state index is 13.1. The third-order valence-corrected chi connectivity index (χ3v) is 5.95. The van der Waals surface area contributed by atoms with Gasteiger partial charge >= 0.3 is 0 Å². The van der Waals surface area contributed by atoms with Gasteiger partial charge in [-0.25, -0.2) is 4.98 Å². The zero-order chi connectivity index (χ0) is 19.4. The van der Waals surface area contributed by atoms with Gasteiger partial charge in [0.15, 0.2) is 0 Å². The molecule has 0 aliphatic carbocycles. The highest BCUT2D eigenvalue weighted by Gasteiger charge is 2.17. The summed E-state index contributed by atoms with van der Waals surface area (Å²) in [4.78, 5) is 19.0. The first-order valence-electron chi connectivity index (χ1n) is 9.76. The maximum atomic E-state index is 13.1. The molecule has 3 nitrogen and oxygen atoms in total. The fraction of sp³-hybridized carbons (Fsp3) is 0.391. The summed E-state index contributed by atoms with van der Waals surface area (Å²) in [5.74, 6) is -0.00698. The second-order valence-corrected chi connectivity index (χ2v) is 8.30. The monoisotopic (exact) mass is 380 g/mol. The van der Waals surface area contributed by atoms with Crippen molar-refractivity contribution in [1.29, 1.82) is 0 Å². The van der Waals surface area contributed by atoms with Crippen LogP contribution < -0.4 is 5.32 Å². The molecule has 0 saturated heterocycles. The Balaban J connectivity index is 1.99. The molecular weight excluding hydrogens is 352 g/mol. The first-order chi connectivity index (χ1) is 13.0. The third-order valence-electron chi connectivity index (χ3n) is 5.06. The van der Waals surface area contributed by atoms with Gasteiger partial charge in [0, 0.05) is 11.4 Å². The SMILES string of the molecule is CCCCC[C@@H](C)NC(=O)c1cc(-c2cccs2)nc2cc(C)c(C)cc12. The first kappa shape index (κ1) is 19.6. The number of benzene rings is 1. The molecule has 4 heteroatoms. The molecule has 0 fully saturated rings. The summed E-state index contributed by atoms with van der Waals surface area (Å²) >= 11 is 1.65. The van der Waals surface area contributed by atoms with Crippen LogP contribution in [0.15, 0.2) is 35.7 Å². The number of hydrogen-bond acceptors (Lipinski definition) is 3. The molecule has 1 amide bonds. The normalized spacial score (nSPS) is 12.3. The van der Waals surface area contributed by atoms with Gasteiger partial charge in [0.25, 0.3) is 5.91 Å². The van der Waals surface area contributed by atoms with Gasteiger partial charge in [-0.3, -0.25) is 4.79 Å². The van der Waals surface area contributed by atoms with Gasteiger partial charge in [0.05, 0.1) is 21.7 Å². The summed E-state index contributed by atoms with van der Waals surface area (Å²) in [7, 11) is 0. The van der Waals surface area contributed by atoms with Gasteiger partial charge in [0.1, 0.15) is 0 Å². The average Bonchev–Trinajstić information content (AvgIpc) is 3.17. The van der Waals surface area contributed by atoms with E-state index in [4.69, 9.17) is 4.98 Å². The number of nitrogens with zero attached hydrogens (tertiary/aromatic N) is 1. The van der Waals surface area contributed by atoms with Crippen LogP contribution in [0.1, 0.15) is 61.0 Å². The van der Waals surface area contributed by atoms with Crippen molar-refractivity contribution in [1.82, 2.24) is 10.3 Å². The van der Waals surface area contributed by atoms with Crippen LogP contribution in [-0.4, -0.2) is 16.9 Å². The lowest BCUT2D eigenvalue weighted by atomic mass is 10.0. The number of thiophene rings is 1. The summed E-state index contributed by atoms with van der Waals surface area (Å²) < 4.78 is 0. The predicted octanol–water partition coefficient (Wildman–Crippen LogP) is 6.28. The van der Waals surface area contributed by atoms with Crippen LogP contribution >= 0.6 is 11.3 Å². The number of nitrogens with one attached hydrogen (secondary N) is 1. The zero-order valence-corrected chi connectivity index (χ0v) is 17.5. The van der Waals surface area contributed by atoms with Gasteiger partial charge in [-0.05, 0) is 68.0 Å². The zero-order valence-electron chi connectivity index (χ0n) is 16.6. The standard InChI is InChI=1S/C23H28N2OS/c1-5-6-7-9-17(4)24-23(26)19-14-21(22-10-8-11-27-22)25-20-13-16(3)15(2)12-18(19)20/h8,10-14,17H,5-7,9H2,1-4H3,(H,24,26)/t17-/m1/s1. The Kier molecular flexibility index (Phi) is 6.27. The Morgan fingerprint density at radius 3 is 2.67 bits per heavy atom. The average molecular weight is 381 g/mol. The number of carbonyl (C=O) groups is 1. The van der Waals surface area contributed by atoms with Crippen molar-refractivity contribution in [3.05, 3.63) is 52.4 Å². The van der Waals surface area contributed by atoms with E-state index >= 15 is 0 Å². The minimum Gasteiger partial charge on any atom is -0.350 e. The van der Waals surface area contributed by atoms with Crippen LogP contribution in [0.4, 0.5) is 0 Å². The molecule has 2 heterocycles. The first-order valence-corrected chi connectivity index (χ1v) is 10.6. The molecule has 0 unspecified atom stereocenters. The fourth-order valence-corrected chi connectivity index (χ4v) is 3.98. The second-order valence-electron chi connectivity index (χ2n) is 7.36. The molecule has 1 atom stereocenters. The number of pyridine rings is 1. The Hall–Kier alpha value is -2.20. The summed E-state index contributed by atoms with van der Waals surface area (Å²) in [6.45, 7) is 8.45. The highest BCUT2D eigenvalue weighted by atomic mass is 32.1. The van der Waals surface area contributed by atoms with Crippen LogP contribution in [0.5, 0.6) is 0 Å². The lowest BCUT2D eigenvalue weighted by molar-refractivity contribution is 0.0939. The number of aryl methyl sites for hydroxylation is 2. The molecule has 0 aliphatic rings. The molecule has 3 aromatic rings. The van der Waals surface area contributed by atoms with Crippen molar-refractivity contribution >= 4 is 28.1 Å². The van der Waals surface area contributed by atoms with Crippen molar-refractivity contribution < 1.29 is 4.79 Å².